The second kappa shape index (κ2) is 5.40. The number of sulfonamides is 1. The number of carbonyl (C=O) groups is 1. The molecule has 3 rings (SSSR count). The molecule has 0 aromatic heterocycles. The highest BCUT2D eigenvalue weighted by molar-refractivity contribution is 7.89. The van der Waals surface area contributed by atoms with Gasteiger partial charge in [-0.2, -0.15) is 4.31 Å². The van der Waals surface area contributed by atoms with E-state index in [0.29, 0.717) is 5.75 Å². The highest BCUT2D eigenvalue weighted by Crippen LogP contribution is 2.47. The lowest BCUT2D eigenvalue weighted by atomic mass is 9.73. The van der Waals surface area contributed by atoms with Gasteiger partial charge in [0.25, 0.3) is 0 Å². The van der Waals surface area contributed by atoms with Crippen molar-refractivity contribution in [3.63, 3.8) is 0 Å². The average molecular weight is 346 g/mol. The molecule has 0 bridgehead atoms. The Morgan fingerprint density at radius 2 is 2.14 bits per heavy atom. The van der Waals surface area contributed by atoms with Crippen molar-refractivity contribution < 1.29 is 23.1 Å². The molecule has 1 aliphatic carbocycles. The summed E-state index contributed by atoms with van der Waals surface area (Å²) in [5.41, 5.74) is 0. The number of hydrogen-bond donors (Lipinski definition) is 1. The molecule has 1 aromatic carbocycles. The molecule has 1 saturated heterocycles. The standard InChI is InChI=1S/C14H16ClNO5S/c1-21-9-3-5-12(11(15)6-9)22(19,20)16-7-8-2-4-10(8)13(16)14(17)18/h3,5-6,8,10,13H,2,4,7H2,1H3,(H,17,18)/t8-,10-,13-/m0/s1. The van der Waals surface area contributed by atoms with Crippen molar-refractivity contribution in [2.45, 2.75) is 23.8 Å². The molecule has 0 spiro atoms. The minimum absolute atomic E-state index is 0.0303. The Bertz CT molecular complexity index is 720. The van der Waals surface area contributed by atoms with E-state index in [2.05, 4.69) is 0 Å². The molecule has 1 N–H and O–H groups in total. The summed E-state index contributed by atoms with van der Waals surface area (Å²) < 4.78 is 31.7. The summed E-state index contributed by atoms with van der Waals surface area (Å²) in [5, 5.41) is 9.44. The lowest BCUT2D eigenvalue weighted by molar-refractivity contribution is -0.142. The SMILES string of the molecule is COc1ccc(S(=O)(=O)N2C[C@@H]3CC[C@@H]3[C@H]2C(=O)O)c(Cl)c1. The van der Waals surface area contributed by atoms with Crippen LogP contribution in [0, 0.1) is 11.8 Å². The van der Waals surface area contributed by atoms with Crippen LogP contribution < -0.4 is 4.74 Å². The monoisotopic (exact) mass is 345 g/mol. The van der Waals surface area contributed by atoms with Gasteiger partial charge >= 0.3 is 5.97 Å². The van der Waals surface area contributed by atoms with Crippen LogP contribution in [0.3, 0.4) is 0 Å². The molecule has 0 amide bonds. The molecule has 3 atom stereocenters. The minimum Gasteiger partial charge on any atom is -0.497 e. The highest BCUT2D eigenvalue weighted by atomic mass is 35.5. The van der Waals surface area contributed by atoms with Crippen LogP contribution >= 0.6 is 11.6 Å². The third-order valence-electron chi connectivity index (χ3n) is 4.59. The van der Waals surface area contributed by atoms with E-state index in [1.54, 1.807) is 0 Å². The number of carboxylic acids is 1. The molecule has 2 fully saturated rings. The summed E-state index contributed by atoms with van der Waals surface area (Å²) in [6.45, 7) is 0.242. The Morgan fingerprint density at radius 1 is 1.41 bits per heavy atom. The molecular formula is C14H16ClNO5S. The third kappa shape index (κ3) is 2.28. The van der Waals surface area contributed by atoms with Crippen molar-refractivity contribution in [3.8, 4) is 5.75 Å². The van der Waals surface area contributed by atoms with Crippen LogP contribution in [0.15, 0.2) is 23.1 Å². The number of rotatable bonds is 4. The molecule has 0 unspecified atom stereocenters. The van der Waals surface area contributed by atoms with Gasteiger partial charge in [-0.05, 0) is 36.8 Å². The van der Waals surface area contributed by atoms with Crippen molar-refractivity contribution in [2.24, 2.45) is 11.8 Å². The summed E-state index contributed by atoms with van der Waals surface area (Å²) in [6.07, 6.45) is 1.63. The van der Waals surface area contributed by atoms with E-state index < -0.39 is 22.0 Å². The Labute approximate surface area is 133 Å². The van der Waals surface area contributed by atoms with E-state index in [-0.39, 0.29) is 28.3 Å². The van der Waals surface area contributed by atoms with Crippen LogP contribution in [0.25, 0.3) is 0 Å². The number of nitrogens with zero attached hydrogens (tertiary/aromatic N) is 1. The first-order valence-corrected chi connectivity index (χ1v) is 8.76. The maximum absolute atomic E-state index is 12.8. The van der Waals surface area contributed by atoms with E-state index in [9.17, 15) is 18.3 Å². The average Bonchev–Trinajstić information content (AvgIpc) is 2.70. The topological polar surface area (TPSA) is 83.9 Å². The summed E-state index contributed by atoms with van der Waals surface area (Å²) in [7, 11) is -2.49. The van der Waals surface area contributed by atoms with Gasteiger partial charge in [0.05, 0.1) is 12.1 Å². The molecule has 1 saturated carbocycles. The van der Waals surface area contributed by atoms with Gasteiger partial charge in [-0.25, -0.2) is 8.42 Å². The summed E-state index contributed by atoms with van der Waals surface area (Å²) in [5.74, 6) is -0.613. The van der Waals surface area contributed by atoms with Crippen LogP contribution in [0.5, 0.6) is 5.75 Å². The quantitative estimate of drug-likeness (QED) is 0.900. The van der Waals surface area contributed by atoms with Gasteiger partial charge in [0.15, 0.2) is 0 Å². The molecule has 1 heterocycles. The number of benzene rings is 1. The number of ether oxygens (including phenoxy) is 1. The second-order valence-corrected chi connectivity index (χ2v) is 7.92. The van der Waals surface area contributed by atoms with E-state index in [4.69, 9.17) is 16.3 Å². The van der Waals surface area contributed by atoms with Crippen LogP contribution in [0.4, 0.5) is 0 Å². The lowest BCUT2D eigenvalue weighted by Crippen LogP contribution is -2.43. The smallest absolute Gasteiger partial charge is 0.322 e. The fourth-order valence-corrected chi connectivity index (χ4v) is 5.49. The first-order valence-electron chi connectivity index (χ1n) is 6.94. The van der Waals surface area contributed by atoms with Crippen LogP contribution in [0.1, 0.15) is 12.8 Å². The third-order valence-corrected chi connectivity index (χ3v) is 6.92. The molecule has 6 nitrogen and oxygen atoms in total. The molecule has 1 aliphatic heterocycles. The second-order valence-electron chi connectivity index (χ2n) is 5.66. The van der Waals surface area contributed by atoms with Crippen molar-refractivity contribution in [3.05, 3.63) is 23.2 Å². The van der Waals surface area contributed by atoms with Crippen molar-refractivity contribution in [2.75, 3.05) is 13.7 Å². The molecule has 0 radical (unpaired) electrons. The van der Waals surface area contributed by atoms with Crippen LogP contribution in [-0.2, 0) is 14.8 Å². The van der Waals surface area contributed by atoms with Gasteiger partial charge in [-0.1, -0.05) is 11.6 Å². The normalized spacial score (nSPS) is 28.0. The summed E-state index contributed by atoms with van der Waals surface area (Å²) >= 11 is 6.05. The van der Waals surface area contributed by atoms with E-state index in [0.717, 1.165) is 17.1 Å². The van der Waals surface area contributed by atoms with Crippen molar-refractivity contribution in [1.29, 1.82) is 0 Å². The van der Waals surface area contributed by atoms with Gasteiger partial charge in [-0.15, -0.1) is 0 Å². The predicted molar refractivity (Wildman–Crippen MR) is 79.5 cm³/mol. The highest BCUT2D eigenvalue weighted by Gasteiger charge is 2.54. The fourth-order valence-electron chi connectivity index (χ4n) is 3.29. The first-order chi connectivity index (χ1) is 10.4. The molecular weight excluding hydrogens is 330 g/mol. The number of hydrogen-bond acceptors (Lipinski definition) is 4. The van der Waals surface area contributed by atoms with Crippen LogP contribution in [0.2, 0.25) is 5.02 Å². The molecule has 22 heavy (non-hydrogen) atoms. The van der Waals surface area contributed by atoms with E-state index in [1.165, 1.54) is 25.3 Å². The minimum atomic E-state index is -3.95. The summed E-state index contributed by atoms with van der Waals surface area (Å²) in [4.78, 5) is 11.4. The Balaban J connectivity index is 2.00. The van der Waals surface area contributed by atoms with E-state index in [1.807, 2.05) is 0 Å². The zero-order valence-corrected chi connectivity index (χ0v) is 13.5. The maximum atomic E-state index is 12.8. The van der Waals surface area contributed by atoms with Gasteiger partial charge in [0, 0.05) is 12.6 Å². The van der Waals surface area contributed by atoms with Gasteiger partial charge in [0.1, 0.15) is 16.7 Å². The number of methoxy groups -OCH3 is 1. The number of carboxylic acid groups (broad SMARTS) is 1. The zero-order valence-electron chi connectivity index (χ0n) is 11.9. The van der Waals surface area contributed by atoms with Gasteiger partial charge in [0.2, 0.25) is 10.0 Å². The number of halogens is 1. The predicted octanol–water partition coefficient (Wildman–Crippen LogP) is 1.83. The molecule has 2 aliphatic rings. The Hall–Kier alpha value is -1.31. The van der Waals surface area contributed by atoms with Crippen molar-refractivity contribution >= 4 is 27.6 Å². The maximum Gasteiger partial charge on any atom is 0.322 e. The zero-order chi connectivity index (χ0) is 16.1. The molecule has 1 aromatic rings. The molecule has 120 valence electrons. The fraction of sp³-hybridized carbons (Fsp3) is 0.500. The molecule has 8 heteroatoms. The summed E-state index contributed by atoms with van der Waals surface area (Å²) in [6, 6.07) is 3.27. The van der Waals surface area contributed by atoms with Crippen LogP contribution in [-0.4, -0.2) is 43.5 Å². The first kappa shape index (κ1) is 15.6. The van der Waals surface area contributed by atoms with Crippen molar-refractivity contribution in [1.82, 2.24) is 4.31 Å². The van der Waals surface area contributed by atoms with Gasteiger partial charge < -0.3 is 9.84 Å². The number of aliphatic carboxylic acids is 1. The Morgan fingerprint density at radius 3 is 2.64 bits per heavy atom. The Kier molecular flexibility index (Phi) is 3.82. The van der Waals surface area contributed by atoms with E-state index >= 15 is 0 Å². The lowest BCUT2D eigenvalue weighted by Gasteiger charge is -2.31. The van der Waals surface area contributed by atoms with Gasteiger partial charge in [-0.3, -0.25) is 4.79 Å². The number of fused-ring (bicyclic) bond motifs is 1. The largest absolute Gasteiger partial charge is 0.497 e.